The van der Waals surface area contributed by atoms with Gasteiger partial charge in [-0.2, -0.15) is 0 Å². The summed E-state index contributed by atoms with van der Waals surface area (Å²) in [5.41, 5.74) is 0.921. The summed E-state index contributed by atoms with van der Waals surface area (Å²) in [5, 5.41) is 0. The highest BCUT2D eigenvalue weighted by molar-refractivity contribution is 5.28. The van der Waals surface area contributed by atoms with E-state index in [2.05, 4.69) is 4.90 Å². The number of halogens is 1. The number of hydrogen-bond acceptors (Lipinski definition) is 2. The van der Waals surface area contributed by atoms with Crippen molar-refractivity contribution in [3.05, 3.63) is 29.6 Å². The van der Waals surface area contributed by atoms with Gasteiger partial charge in [-0.3, -0.25) is 4.90 Å². The van der Waals surface area contributed by atoms with Crippen LogP contribution in [0.1, 0.15) is 18.4 Å². The Labute approximate surface area is 96.0 Å². The van der Waals surface area contributed by atoms with Crippen molar-refractivity contribution >= 4 is 0 Å². The molecule has 1 aliphatic rings. The van der Waals surface area contributed by atoms with Gasteiger partial charge in [0.05, 0.1) is 0 Å². The summed E-state index contributed by atoms with van der Waals surface area (Å²) >= 11 is 0. The van der Waals surface area contributed by atoms with E-state index < -0.39 is 0 Å². The van der Waals surface area contributed by atoms with Gasteiger partial charge in [-0.1, -0.05) is 6.07 Å². The molecule has 0 unspecified atom stereocenters. The average molecular weight is 223 g/mol. The monoisotopic (exact) mass is 223 g/mol. The zero-order valence-corrected chi connectivity index (χ0v) is 9.71. The van der Waals surface area contributed by atoms with E-state index in [1.807, 2.05) is 13.0 Å². The molecule has 0 amide bonds. The first-order valence-corrected chi connectivity index (χ1v) is 5.87. The number of hydrogen-bond donors (Lipinski definition) is 0. The molecule has 0 aromatic heterocycles. The van der Waals surface area contributed by atoms with Gasteiger partial charge in [-0.15, -0.1) is 0 Å². The van der Waals surface area contributed by atoms with E-state index in [0.29, 0.717) is 12.4 Å². The molecule has 3 heteroatoms. The molecule has 0 atom stereocenters. The van der Waals surface area contributed by atoms with Crippen LogP contribution in [0.5, 0.6) is 5.75 Å². The van der Waals surface area contributed by atoms with Gasteiger partial charge in [0.15, 0.2) is 11.6 Å². The topological polar surface area (TPSA) is 12.5 Å². The van der Waals surface area contributed by atoms with Crippen LogP contribution in [-0.4, -0.2) is 31.1 Å². The fourth-order valence-corrected chi connectivity index (χ4v) is 2.01. The van der Waals surface area contributed by atoms with Crippen molar-refractivity contribution in [3.63, 3.8) is 0 Å². The van der Waals surface area contributed by atoms with Gasteiger partial charge in [0.2, 0.25) is 0 Å². The molecule has 1 aromatic rings. The minimum Gasteiger partial charge on any atom is -0.489 e. The highest BCUT2D eigenvalue weighted by Gasteiger charge is 2.11. The Morgan fingerprint density at radius 1 is 1.31 bits per heavy atom. The predicted molar refractivity (Wildman–Crippen MR) is 62.3 cm³/mol. The normalized spacial score (nSPS) is 16.6. The Kier molecular flexibility index (Phi) is 3.78. The molecule has 1 aliphatic heterocycles. The molecule has 0 spiro atoms. The molecule has 2 rings (SSSR count). The summed E-state index contributed by atoms with van der Waals surface area (Å²) in [6.45, 7) is 5.64. The summed E-state index contributed by atoms with van der Waals surface area (Å²) < 4.78 is 18.8. The molecule has 16 heavy (non-hydrogen) atoms. The Hall–Kier alpha value is -1.09. The second-order valence-corrected chi connectivity index (χ2v) is 4.33. The van der Waals surface area contributed by atoms with Gasteiger partial charge in [-0.05, 0) is 50.6 Å². The molecule has 1 fully saturated rings. The molecule has 0 radical (unpaired) electrons. The standard InChI is InChI=1S/C13H18FNO/c1-11-4-5-13(12(14)10-11)16-9-8-15-6-2-3-7-15/h4-5,10H,2-3,6-9H2,1H3. The van der Waals surface area contributed by atoms with Crippen molar-refractivity contribution in [2.24, 2.45) is 0 Å². The summed E-state index contributed by atoms with van der Waals surface area (Å²) in [6.07, 6.45) is 2.55. The third kappa shape index (κ3) is 2.95. The molecule has 2 nitrogen and oxygen atoms in total. The Morgan fingerprint density at radius 3 is 2.75 bits per heavy atom. The molecule has 1 heterocycles. The van der Waals surface area contributed by atoms with Crippen molar-refractivity contribution in [1.29, 1.82) is 0 Å². The minimum absolute atomic E-state index is 0.263. The minimum atomic E-state index is -0.263. The van der Waals surface area contributed by atoms with Crippen molar-refractivity contribution in [2.45, 2.75) is 19.8 Å². The number of likely N-dealkylation sites (tertiary alicyclic amines) is 1. The van der Waals surface area contributed by atoms with E-state index in [1.54, 1.807) is 6.07 Å². The molecule has 88 valence electrons. The zero-order valence-electron chi connectivity index (χ0n) is 9.71. The quantitative estimate of drug-likeness (QED) is 0.778. The SMILES string of the molecule is Cc1ccc(OCCN2CCCC2)c(F)c1. The lowest BCUT2D eigenvalue weighted by Gasteiger charge is -2.15. The van der Waals surface area contributed by atoms with Crippen LogP contribution in [0.4, 0.5) is 4.39 Å². The predicted octanol–water partition coefficient (Wildman–Crippen LogP) is 2.61. The fraction of sp³-hybridized carbons (Fsp3) is 0.538. The largest absolute Gasteiger partial charge is 0.489 e. The smallest absolute Gasteiger partial charge is 0.165 e. The van der Waals surface area contributed by atoms with E-state index in [-0.39, 0.29) is 5.82 Å². The molecule has 0 N–H and O–H groups in total. The lowest BCUT2D eigenvalue weighted by molar-refractivity contribution is 0.231. The van der Waals surface area contributed by atoms with E-state index >= 15 is 0 Å². The van der Waals surface area contributed by atoms with Crippen molar-refractivity contribution in [3.8, 4) is 5.75 Å². The highest BCUT2D eigenvalue weighted by atomic mass is 19.1. The number of benzene rings is 1. The Bertz CT molecular complexity index is 348. The summed E-state index contributed by atoms with van der Waals surface area (Å²) in [4.78, 5) is 2.35. The lowest BCUT2D eigenvalue weighted by Crippen LogP contribution is -2.25. The van der Waals surface area contributed by atoms with Gasteiger partial charge in [-0.25, -0.2) is 4.39 Å². The summed E-state index contributed by atoms with van der Waals surface area (Å²) in [6, 6.07) is 5.08. The Balaban J connectivity index is 1.80. The number of aryl methyl sites for hydroxylation is 1. The Morgan fingerprint density at radius 2 is 2.06 bits per heavy atom. The van der Waals surface area contributed by atoms with E-state index in [1.165, 1.54) is 18.9 Å². The molecular weight excluding hydrogens is 205 g/mol. The maximum Gasteiger partial charge on any atom is 0.165 e. The molecule has 0 bridgehead atoms. The van der Waals surface area contributed by atoms with E-state index in [9.17, 15) is 4.39 Å². The first-order valence-electron chi connectivity index (χ1n) is 5.87. The lowest BCUT2D eigenvalue weighted by atomic mass is 10.2. The maximum absolute atomic E-state index is 13.4. The number of nitrogens with zero attached hydrogens (tertiary/aromatic N) is 1. The van der Waals surface area contributed by atoms with Crippen LogP contribution >= 0.6 is 0 Å². The van der Waals surface area contributed by atoms with Gasteiger partial charge in [0.25, 0.3) is 0 Å². The van der Waals surface area contributed by atoms with Crippen LogP contribution in [-0.2, 0) is 0 Å². The second-order valence-electron chi connectivity index (χ2n) is 4.33. The van der Waals surface area contributed by atoms with Crippen molar-refractivity contribution < 1.29 is 9.13 Å². The van der Waals surface area contributed by atoms with Crippen LogP contribution in [0.2, 0.25) is 0 Å². The summed E-state index contributed by atoms with van der Waals surface area (Å²) in [7, 11) is 0. The third-order valence-electron chi connectivity index (χ3n) is 2.95. The van der Waals surface area contributed by atoms with Crippen molar-refractivity contribution in [1.82, 2.24) is 4.90 Å². The molecule has 1 aromatic carbocycles. The molecular formula is C13H18FNO. The third-order valence-corrected chi connectivity index (χ3v) is 2.95. The van der Waals surface area contributed by atoms with Gasteiger partial charge in [0, 0.05) is 6.54 Å². The van der Waals surface area contributed by atoms with Crippen LogP contribution < -0.4 is 4.74 Å². The van der Waals surface area contributed by atoms with Crippen LogP contribution in [0, 0.1) is 12.7 Å². The average Bonchev–Trinajstić information content (AvgIpc) is 2.74. The molecule has 0 saturated carbocycles. The molecule has 1 saturated heterocycles. The molecule has 0 aliphatic carbocycles. The van der Waals surface area contributed by atoms with Gasteiger partial charge >= 0.3 is 0 Å². The zero-order chi connectivity index (χ0) is 11.4. The summed E-state index contributed by atoms with van der Waals surface area (Å²) in [5.74, 6) is 0.103. The number of ether oxygens (including phenoxy) is 1. The van der Waals surface area contributed by atoms with Crippen LogP contribution in [0.15, 0.2) is 18.2 Å². The number of rotatable bonds is 4. The first kappa shape index (κ1) is 11.4. The van der Waals surface area contributed by atoms with Gasteiger partial charge in [0.1, 0.15) is 6.61 Å². The van der Waals surface area contributed by atoms with Crippen molar-refractivity contribution in [2.75, 3.05) is 26.2 Å². The van der Waals surface area contributed by atoms with Gasteiger partial charge < -0.3 is 4.74 Å². The van der Waals surface area contributed by atoms with Crippen LogP contribution in [0.3, 0.4) is 0 Å². The van der Waals surface area contributed by atoms with Crippen LogP contribution in [0.25, 0.3) is 0 Å². The van der Waals surface area contributed by atoms with E-state index in [0.717, 1.165) is 25.2 Å². The van der Waals surface area contributed by atoms with E-state index in [4.69, 9.17) is 4.74 Å². The fourth-order valence-electron chi connectivity index (χ4n) is 2.01. The first-order chi connectivity index (χ1) is 7.75. The maximum atomic E-state index is 13.4. The highest BCUT2D eigenvalue weighted by Crippen LogP contribution is 2.18. The second kappa shape index (κ2) is 5.30.